The average molecular weight is 399 g/mol. The van der Waals surface area contributed by atoms with Gasteiger partial charge in [0.25, 0.3) is 0 Å². The minimum atomic E-state index is -0.117. The zero-order valence-corrected chi connectivity index (χ0v) is 14.4. The van der Waals surface area contributed by atoms with Crippen LogP contribution in [0, 0.1) is 3.57 Å². The first kappa shape index (κ1) is 14.2. The summed E-state index contributed by atoms with van der Waals surface area (Å²) < 4.78 is 6.95. The molecule has 0 saturated carbocycles. The van der Waals surface area contributed by atoms with Gasteiger partial charge in [-0.05, 0) is 58.0 Å². The van der Waals surface area contributed by atoms with Gasteiger partial charge in [-0.15, -0.1) is 11.6 Å². The van der Waals surface area contributed by atoms with Crippen molar-refractivity contribution in [1.29, 1.82) is 0 Å². The van der Waals surface area contributed by atoms with Crippen molar-refractivity contribution in [2.75, 3.05) is 6.61 Å². The van der Waals surface area contributed by atoms with Crippen LogP contribution in [0.1, 0.15) is 35.9 Å². The van der Waals surface area contributed by atoms with Crippen molar-refractivity contribution in [3.8, 4) is 5.75 Å². The summed E-state index contributed by atoms with van der Waals surface area (Å²) in [5, 5.41) is -0.117. The van der Waals surface area contributed by atoms with Gasteiger partial charge in [-0.2, -0.15) is 0 Å². The molecule has 0 bridgehead atoms. The fourth-order valence-electron chi connectivity index (χ4n) is 2.52. The Balaban J connectivity index is 1.97. The van der Waals surface area contributed by atoms with Crippen LogP contribution in [0.25, 0.3) is 0 Å². The number of hydrogen-bond donors (Lipinski definition) is 0. The zero-order chi connectivity index (χ0) is 14.3. The van der Waals surface area contributed by atoms with Gasteiger partial charge in [0.05, 0.1) is 12.0 Å². The highest BCUT2D eigenvalue weighted by Gasteiger charge is 2.32. The molecule has 104 valence electrons. The lowest BCUT2D eigenvalue weighted by molar-refractivity contribution is 0.291. The Bertz CT molecular complexity index is 634. The Morgan fingerprint density at radius 1 is 1.10 bits per heavy atom. The SMILES string of the molecule is CC1(C)COc2ccc(C(Cl)c3ccc(I)cc3)cc21. The molecule has 2 aromatic carbocycles. The van der Waals surface area contributed by atoms with E-state index in [2.05, 4.69) is 72.8 Å². The van der Waals surface area contributed by atoms with Crippen molar-refractivity contribution in [1.82, 2.24) is 0 Å². The van der Waals surface area contributed by atoms with Crippen LogP contribution in [0.4, 0.5) is 0 Å². The first-order valence-electron chi connectivity index (χ1n) is 6.64. The topological polar surface area (TPSA) is 9.23 Å². The van der Waals surface area contributed by atoms with E-state index in [1.54, 1.807) is 0 Å². The van der Waals surface area contributed by atoms with Crippen LogP contribution in [0.15, 0.2) is 42.5 Å². The molecule has 20 heavy (non-hydrogen) atoms. The molecular weight excluding hydrogens is 383 g/mol. The number of hydrogen-bond acceptors (Lipinski definition) is 1. The number of fused-ring (bicyclic) bond motifs is 1. The van der Waals surface area contributed by atoms with Crippen molar-refractivity contribution in [2.24, 2.45) is 0 Å². The lowest BCUT2D eigenvalue weighted by Crippen LogP contribution is -2.18. The van der Waals surface area contributed by atoms with Gasteiger partial charge in [-0.25, -0.2) is 0 Å². The van der Waals surface area contributed by atoms with E-state index < -0.39 is 0 Å². The minimum absolute atomic E-state index is 0.0635. The van der Waals surface area contributed by atoms with Crippen molar-refractivity contribution in [2.45, 2.75) is 24.6 Å². The first-order chi connectivity index (χ1) is 9.47. The number of alkyl halides is 1. The smallest absolute Gasteiger partial charge is 0.123 e. The van der Waals surface area contributed by atoms with Crippen molar-refractivity contribution < 1.29 is 4.74 Å². The molecule has 0 saturated heterocycles. The second-order valence-electron chi connectivity index (χ2n) is 5.84. The number of benzene rings is 2. The molecule has 0 amide bonds. The summed E-state index contributed by atoms with van der Waals surface area (Å²) in [5.41, 5.74) is 3.58. The van der Waals surface area contributed by atoms with E-state index in [0.29, 0.717) is 0 Å². The van der Waals surface area contributed by atoms with E-state index in [0.717, 1.165) is 23.5 Å². The molecule has 1 aliphatic rings. The van der Waals surface area contributed by atoms with E-state index in [1.165, 1.54) is 9.13 Å². The molecule has 1 atom stereocenters. The molecule has 3 rings (SSSR count). The van der Waals surface area contributed by atoms with Crippen LogP contribution in [-0.4, -0.2) is 6.61 Å². The first-order valence-corrected chi connectivity index (χ1v) is 8.16. The van der Waals surface area contributed by atoms with Crippen molar-refractivity contribution >= 4 is 34.2 Å². The third-order valence-electron chi connectivity index (χ3n) is 3.78. The monoisotopic (exact) mass is 398 g/mol. The summed E-state index contributed by atoms with van der Waals surface area (Å²) in [6, 6.07) is 14.7. The minimum Gasteiger partial charge on any atom is -0.492 e. The molecule has 1 nitrogen and oxygen atoms in total. The maximum absolute atomic E-state index is 6.64. The molecule has 0 aliphatic carbocycles. The molecular formula is C17H16ClIO. The summed E-state index contributed by atoms with van der Waals surface area (Å²) in [5.74, 6) is 0.991. The molecule has 3 heteroatoms. The molecule has 0 fully saturated rings. The van der Waals surface area contributed by atoms with E-state index in [-0.39, 0.29) is 10.8 Å². The molecule has 0 aromatic heterocycles. The third kappa shape index (κ3) is 2.56. The van der Waals surface area contributed by atoms with Gasteiger partial charge in [-0.3, -0.25) is 0 Å². The van der Waals surface area contributed by atoms with Crippen LogP contribution in [0.5, 0.6) is 5.75 Å². The van der Waals surface area contributed by atoms with E-state index in [9.17, 15) is 0 Å². The number of ether oxygens (including phenoxy) is 1. The largest absolute Gasteiger partial charge is 0.492 e. The predicted octanol–water partition coefficient (Wildman–Crippen LogP) is 5.29. The van der Waals surface area contributed by atoms with Gasteiger partial charge < -0.3 is 4.74 Å². The fraction of sp³-hybridized carbons (Fsp3) is 0.294. The standard InChI is InChI=1S/C17H16ClIO/c1-17(2)10-20-15-8-5-12(9-14(15)17)16(18)11-3-6-13(19)7-4-11/h3-9,16H,10H2,1-2H3. The highest BCUT2D eigenvalue weighted by molar-refractivity contribution is 14.1. The quantitative estimate of drug-likeness (QED) is 0.493. The Hall–Kier alpha value is -0.740. The molecule has 0 radical (unpaired) electrons. The maximum Gasteiger partial charge on any atom is 0.123 e. The Morgan fingerprint density at radius 2 is 1.75 bits per heavy atom. The Morgan fingerprint density at radius 3 is 2.45 bits per heavy atom. The van der Waals surface area contributed by atoms with Crippen LogP contribution in [-0.2, 0) is 5.41 Å². The molecule has 2 aromatic rings. The summed E-state index contributed by atoms with van der Waals surface area (Å²) >= 11 is 8.94. The van der Waals surface area contributed by atoms with Crippen molar-refractivity contribution in [3.63, 3.8) is 0 Å². The van der Waals surface area contributed by atoms with E-state index in [4.69, 9.17) is 16.3 Å². The summed E-state index contributed by atoms with van der Waals surface area (Å²) in [7, 11) is 0. The van der Waals surface area contributed by atoms with Gasteiger partial charge in [0.2, 0.25) is 0 Å². The Labute approximate surface area is 138 Å². The van der Waals surface area contributed by atoms with Gasteiger partial charge in [0, 0.05) is 14.5 Å². The second kappa shape index (κ2) is 5.23. The van der Waals surface area contributed by atoms with Gasteiger partial charge in [0.15, 0.2) is 0 Å². The van der Waals surface area contributed by atoms with Gasteiger partial charge in [-0.1, -0.05) is 32.0 Å². The Kier molecular flexibility index (Phi) is 3.71. The van der Waals surface area contributed by atoms with E-state index in [1.807, 2.05) is 6.07 Å². The van der Waals surface area contributed by atoms with Crippen molar-refractivity contribution in [3.05, 3.63) is 62.7 Å². The third-order valence-corrected chi connectivity index (χ3v) is 5.00. The number of halogens is 2. The maximum atomic E-state index is 6.64. The average Bonchev–Trinajstić information content (AvgIpc) is 2.74. The number of rotatable bonds is 2. The molecule has 0 spiro atoms. The normalized spacial score (nSPS) is 17.4. The van der Waals surface area contributed by atoms with Crippen LogP contribution < -0.4 is 4.74 Å². The summed E-state index contributed by atoms with van der Waals surface area (Å²) in [6.07, 6.45) is 0. The predicted molar refractivity (Wildman–Crippen MR) is 91.8 cm³/mol. The van der Waals surface area contributed by atoms with Gasteiger partial charge >= 0.3 is 0 Å². The summed E-state index contributed by atoms with van der Waals surface area (Å²) in [6.45, 7) is 5.15. The molecule has 0 N–H and O–H groups in total. The lowest BCUT2D eigenvalue weighted by atomic mass is 9.85. The zero-order valence-electron chi connectivity index (χ0n) is 11.5. The van der Waals surface area contributed by atoms with Crippen LogP contribution >= 0.6 is 34.2 Å². The highest BCUT2D eigenvalue weighted by atomic mass is 127. The van der Waals surface area contributed by atoms with Crippen LogP contribution in [0.2, 0.25) is 0 Å². The molecule has 1 heterocycles. The molecule has 1 aliphatic heterocycles. The molecule has 1 unspecified atom stereocenters. The highest BCUT2D eigenvalue weighted by Crippen LogP contribution is 2.41. The fourth-order valence-corrected chi connectivity index (χ4v) is 3.16. The lowest BCUT2D eigenvalue weighted by Gasteiger charge is -2.17. The second-order valence-corrected chi connectivity index (χ2v) is 7.52. The van der Waals surface area contributed by atoms with Gasteiger partial charge in [0.1, 0.15) is 5.75 Å². The van der Waals surface area contributed by atoms with Crippen LogP contribution in [0.3, 0.4) is 0 Å². The van der Waals surface area contributed by atoms with E-state index >= 15 is 0 Å². The summed E-state index contributed by atoms with van der Waals surface area (Å²) in [4.78, 5) is 0.